The molecule has 1 amide bonds. The van der Waals surface area contributed by atoms with Crippen LogP contribution < -0.4 is 25.3 Å². The number of pyridine rings is 3. The summed E-state index contributed by atoms with van der Waals surface area (Å²) in [5.74, 6) is 2.11. The first-order valence-electron chi connectivity index (χ1n) is 11.5. The molecule has 1 aromatic carbocycles. The molecule has 0 unspecified atom stereocenters. The second-order valence-electron chi connectivity index (χ2n) is 8.50. The Balaban J connectivity index is 1.71. The number of fused-ring (bicyclic) bond motifs is 3. The molecular formula is C26H29N5O5. The summed E-state index contributed by atoms with van der Waals surface area (Å²) < 4.78 is 16.8. The van der Waals surface area contributed by atoms with Crippen LogP contribution in [0.15, 0.2) is 42.9 Å². The van der Waals surface area contributed by atoms with Crippen molar-refractivity contribution < 1.29 is 24.1 Å². The van der Waals surface area contributed by atoms with Crippen molar-refractivity contribution in [3.05, 3.63) is 42.9 Å². The van der Waals surface area contributed by atoms with Crippen LogP contribution in [0.4, 0.5) is 10.6 Å². The van der Waals surface area contributed by atoms with Gasteiger partial charge in [0.05, 0.1) is 37.7 Å². The number of nitrogens with two attached hydrogens (primary N) is 1. The normalized spacial score (nSPS) is 12.8. The van der Waals surface area contributed by atoms with Gasteiger partial charge >= 0.3 is 6.09 Å². The Morgan fingerprint density at radius 1 is 1.06 bits per heavy atom. The third-order valence-corrected chi connectivity index (χ3v) is 6.29. The van der Waals surface area contributed by atoms with Crippen molar-refractivity contribution in [2.24, 2.45) is 5.92 Å². The van der Waals surface area contributed by atoms with Gasteiger partial charge in [-0.05, 0) is 29.5 Å². The van der Waals surface area contributed by atoms with Crippen molar-refractivity contribution in [1.82, 2.24) is 20.3 Å². The number of aromatic nitrogens is 3. The molecule has 0 aliphatic rings. The number of nitrogens with one attached hydrogen (secondary N) is 1. The zero-order chi connectivity index (χ0) is 25.8. The standard InChI is InChI=1S/C26H29N5O5/c1-5-14(2)22(31-26(32)33)13-36-16-6-15(10-28-11-16)20-7-17-18-8-23(34-3)24(35-4)9-21(18)29-12-19(17)25(27)30-20/h6-12,14,22,31H,5,13H2,1-4H3,(H2,27,30)(H,32,33)/t14-,22+/m0/s1. The largest absolute Gasteiger partial charge is 0.493 e. The number of nitrogen functional groups attached to an aromatic ring is 1. The number of hydrogen-bond donors (Lipinski definition) is 3. The lowest BCUT2D eigenvalue weighted by Crippen LogP contribution is -2.42. The fourth-order valence-corrected chi connectivity index (χ4v) is 4.02. The number of carboxylic acid groups (broad SMARTS) is 1. The molecule has 4 rings (SSSR count). The molecule has 10 heteroatoms. The Morgan fingerprint density at radius 3 is 2.50 bits per heavy atom. The topological polar surface area (TPSA) is 142 Å². The molecule has 3 heterocycles. The average molecular weight is 492 g/mol. The van der Waals surface area contributed by atoms with E-state index in [-0.39, 0.29) is 18.6 Å². The maximum absolute atomic E-state index is 11.2. The molecule has 0 saturated carbocycles. The summed E-state index contributed by atoms with van der Waals surface area (Å²) in [6.07, 6.45) is 4.68. The Kier molecular flexibility index (Phi) is 7.23. The minimum Gasteiger partial charge on any atom is -0.493 e. The van der Waals surface area contributed by atoms with Gasteiger partial charge in [0, 0.05) is 34.8 Å². The second kappa shape index (κ2) is 10.5. The summed E-state index contributed by atoms with van der Waals surface area (Å²) >= 11 is 0. The van der Waals surface area contributed by atoms with Gasteiger partial charge in [0.25, 0.3) is 0 Å². The number of hydrogen-bond acceptors (Lipinski definition) is 8. The van der Waals surface area contributed by atoms with Crippen LogP contribution in [0.5, 0.6) is 17.2 Å². The van der Waals surface area contributed by atoms with E-state index in [1.165, 1.54) is 0 Å². The highest BCUT2D eigenvalue weighted by atomic mass is 16.5. The molecule has 36 heavy (non-hydrogen) atoms. The SMILES string of the molecule is CC[C@H](C)[C@@H](COc1cncc(-c2cc3c(cnc4cc(OC)c(OC)cc43)c(N)n2)c1)NC(=O)O. The van der Waals surface area contributed by atoms with E-state index in [9.17, 15) is 4.79 Å². The number of benzene rings is 1. The molecule has 0 aliphatic heterocycles. The molecular weight excluding hydrogens is 462 g/mol. The van der Waals surface area contributed by atoms with E-state index < -0.39 is 6.09 Å². The quantitative estimate of drug-likeness (QED) is 0.288. The Hall–Kier alpha value is -4.34. The molecule has 2 atom stereocenters. The summed E-state index contributed by atoms with van der Waals surface area (Å²) in [5.41, 5.74) is 8.37. The molecule has 0 bridgehead atoms. The first-order valence-corrected chi connectivity index (χ1v) is 11.5. The number of nitrogens with zero attached hydrogens (tertiary/aromatic N) is 3. The van der Waals surface area contributed by atoms with Gasteiger partial charge in [-0.2, -0.15) is 0 Å². The maximum Gasteiger partial charge on any atom is 0.405 e. The van der Waals surface area contributed by atoms with Gasteiger partial charge in [-0.1, -0.05) is 20.3 Å². The number of carbonyl (C=O) groups is 1. The van der Waals surface area contributed by atoms with Crippen LogP contribution in [0, 0.1) is 5.92 Å². The molecule has 10 nitrogen and oxygen atoms in total. The fraction of sp³-hybridized carbons (Fsp3) is 0.308. The third kappa shape index (κ3) is 5.02. The molecule has 4 N–H and O–H groups in total. The average Bonchev–Trinajstić information content (AvgIpc) is 2.89. The van der Waals surface area contributed by atoms with Crippen LogP contribution in [0.3, 0.4) is 0 Å². The molecule has 0 saturated heterocycles. The summed E-state index contributed by atoms with van der Waals surface area (Å²) in [7, 11) is 3.16. The van der Waals surface area contributed by atoms with Crippen LogP contribution >= 0.6 is 0 Å². The van der Waals surface area contributed by atoms with E-state index in [0.29, 0.717) is 34.3 Å². The minimum atomic E-state index is -1.08. The Bertz CT molecular complexity index is 1410. The van der Waals surface area contributed by atoms with Crippen LogP contribution in [0.25, 0.3) is 32.9 Å². The lowest BCUT2D eigenvalue weighted by Gasteiger charge is -2.23. The molecule has 3 aromatic heterocycles. The molecule has 0 radical (unpaired) electrons. The van der Waals surface area contributed by atoms with Crippen molar-refractivity contribution in [3.63, 3.8) is 0 Å². The number of rotatable bonds is 9. The van der Waals surface area contributed by atoms with Gasteiger partial charge in [-0.15, -0.1) is 0 Å². The summed E-state index contributed by atoms with van der Waals surface area (Å²) in [6, 6.07) is 7.07. The van der Waals surface area contributed by atoms with Gasteiger partial charge in [0.2, 0.25) is 0 Å². The van der Waals surface area contributed by atoms with Crippen molar-refractivity contribution in [2.75, 3.05) is 26.6 Å². The molecule has 0 spiro atoms. The lowest BCUT2D eigenvalue weighted by molar-refractivity contribution is 0.168. The first kappa shape index (κ1) is 24.8. The van der Waals surface area contributed by atoms with Crippen LogP contribution in [-0.2, 0) is 0 Å². The summed E-state index contributed by atoms with van der Waals surface area (Å²) in [5, 5.41) is 14.1. The maximum atomic E-state index is 11.2. The lowest BCUT2D eigenvalue weighted by atomic mass is 10.0. The van der Waals surface area contributed by atoms with E-state index in [2.05, 4.69) is 20.3 Å². The highest BCUT2D eigenvalue weighted by molar-refractivity contribution is 6.10. The van der Waals surface area contributed by atoms with Crippen LogP contribution in [0.2, 0.25) is 0 Å². The minimum absolute atomic E-state index is 0.108. The van der Waals surface area contributed by atoms with E-state index in [1.54, 1.807) is 32.8 Å². The van der Waals surface area contributed by atoms with Crippen molar-refractivity contribution in [3.8, 4) is 28.5 Å². The molecule has 188 valence electrons. The summed E-state index contributed by atoms with van der Waals surface area (Å²) in [6.45, 7) is 4.16. The van der Waals surface area contributed by atoms with Gasteiger partial charge in [-0.25, -0.2) is 9.78 Å². The zero-order valence-corrected chi connectivity index (χ0v) is 20.6. The van der Waals surface area contributed by atoms with Crippen LogP contribution in [-0.4, -0.2) is 53.0 Å². The van der Waals surface area contributed by atoms with Gasteiger partial charge < -0.3 is 30.4 Å². The number of anilines is 1. The Morgan fingerprint density at radius 2 is 1.81 bits per heavy atom. The van der Waals surface area contributed by atoms with Crippen molar-refractivity contribution >= 4 is 33.6 Å². The van der Waals surface area contributed by atoms with Crippen molar-refractivity contribution in [1.29, 1.82) is 0 Å². The van der Waals surface area contributed by atoms with Gasteiger partial charge in [0.1, 0.15) is 18.2 Å². The second-order valence-corrected chi connectivity index (χ2v) is 8.50. The first-order chi connectivity index (χ1) is 17.3. The highest BCUT2D eigenvalue weighted by Gasteiger charge is 2.19. The third-order valence-electron chi connectivity index (χ3n) is 6.29. The monoisotopic (exact) mass is 491 g/mol. The van der Waals surface area contributed by atoms with Gasteiger partial charge in [0.15, 0.2) is 11.5 Å². The van der Waals surface area contributed by atoms with Crippen molar-refractivity contribution in [2.45, 2.75) is 26.3 Å². The molecule has 0 fully saturated rings. The molecule has 4 aromatic rings. The predicted molar refractivity (Wildman–Crippen MR) is 138 cm³/mol. The van der Waals surface area contributed by atoms with E-state index in [1.807, 2.05) is 38.1 Å². The molecule has 0 aliphatic carbocycles. The van der Waals surface area contributed by atoms with Crippen LogP contribution in [0.1, 0.15) is 20.3 Å². The number of ether oxygens (including phenoxy) is 3. The van der Waals surface area contributed by atoms with Gasteiger partial charge in [-0.3, -0.25) is 9.97 Å². The zero-order valence-electron chi connectivity index (χ0n) is 20.6. The smallest absolute Gasteiger partial charge is 0.405 e. The van der Waals surface area contributed by atoms with E-state index >= 15 is 0 Å². The fourth-order valence-electron chi connectivity index (χ4n) is 4.02. The number of methoxy groups -OCH3 is 2. The highest BCUT2D eigenvalue weighted by Crippen LogP contribution is 2.37. The van der Waals surface area contributed by atoms with E-state index in [4.69, 9.17) is 25.1 Å². The summed E-state index contributed by atoms with van der Waals surface area (Å²) in [4.78, 5) is 24.6. The predicted octanol–water partition coefficient (Wildman–Crippen LogP) is 4.51. The van der Waals surface area contributed by atoms with E-state index in [0.717, 1.165) is 28.1 Å². The Labute approximate surface area is 208 Å². The number of amides is 1.